The summed E-state index contributed by atoms with van der Waals surface area (Å²) >= 11 is 0. The van der Waals surface area contributed by atoms with Gasteiger partial charge in [0.05, 0.1) is 42.6 Å². The van der Waals surface area contributed by atoms with E-state index in [-0.39, 0.29) is 17.5 Å². The number of carbonyl (C=O) groups excluding carboxylic acids is 1. The molecule has 1 atom stereocenters. The Balaban J connectivity index is 1.76. The molecule has 3 aromatic rings. The number of rotatable bonds is 8. The zero-order chi connectivity index (χ0) is 23.5. The number of amides is 1. The van der Waals surface area contributed by atoms with Gasteiger partial charge in [0, 0.05) is 31.2 Å². The van der Waals surface area contributed by atoms with Crippen molar-refractivity contribution in [1.29, 1.82) is 5.41 Å². The van der Waals surface area contributed by atoms with Gasteiger partial charge in [-0.3, -0.25) is 10.2 Å². The molecule has 2 aromatic carbocycles. The van der Waals surface area contributed by atoms with Gasteiger partial charge in [-0.25, -0.2) is 4.98 Å². The van der Waals surface area contributed by atoms with E-state index in [2.05, 4.69) is 15.3 Å². The van der Waals surface area contributed by atoms with E-state index in [1.807, 2.05) is 24.3 Å². The van der Waals surface area contributed by atoms with E-state index in [4.69, 9.17) is 14.9 Å². The van der Waals surface area contributed by atoms with Gasteiger partial charge in [0.15, 0.2) is 0 Å². The third kappa shape index (κ3) is 4.21. The minimum atomic E-state index is -0.574. The molecule has 0 aliphatic carbocycles. The highest BCUT2D eigenvalue weighted by Crippen LogP contribution is 2.39. The first-order chi connectivity index (χ1) is 16.0. The van der Waals surface area contributed by atoms with Crippen LogP contribution < -0.4 is 19.7 Å². The van der Waals surface area contributed by atoms with Crippen LogP contribution in [0, 0.1) is 5.41 Å². The fourth-order valence-corrected chi connectivity index (χ4v) is 3.97. The van der Waals surface area contributed by atoms with Gasteiger partial charge < -0.3 is 29.8 Å². The van der Waals surface area contributed by atoms with Gasteiger partial charge in [-0.15, -0.1) is 0 Å². The number of benzene rings is 2. The SMILES string of the molecule is CCC(=O)NCCC1C(O)=C(c2nc3ccccc3[nH]2)C(=N)N1c1cc(OC)cc(OC)c1. The Morgan fingerprint density at radius 2 is 1.91 bits per heavy atom. The number of imidazole rings is 1. The zero-order valence-electron chi connectivity index (χ0n) is 18.8. The van der Waals surface area contributed by atoms with Gasteiger partial charge >= 0.3 is 0 Å². The van der Waals surface area contributed by atoms with Crippen molar-refractivity contribution < 1.29 is 19.4 Å². The normalized spacial score (nSPS) is 15.9. The summed E-state index contributed by atoms with van der Waals surface area (Å²) in [4.78, 5) is 21.2. The Kier molecular flexibility index (Phi) is 6.21. The fourth-order valence-electron chi connectivity index (χ4n) is 3.97. The lowest BCUT2D eigenvalue weighted by atomic mass is 10.1. The van der Waals surface area contributed by atoms with Crippen molar-refractivity contribution in [2.75, 3.05) is 25.7 Å². The number of nitrogens with zero attached hydrogens (tertiary/aromatic N) is 2. The number of para-hydroxylation sites is 2. The van der Waals surface area contributed by atoms with Gasteiger partial charge in [-0.05, 0) is 18.6 Å². The highest BCUT2D eigenvalue weighted by molar-refractivity contribution is 6.31. The molecule has 0 saturated carbocycles. The van der Waals surface area contributed by atoms with Crippen LogP contribution in [-0.2, 0) is 4.79 Å². The molecule has 33 heavy (non-hydrogen) atoms. The fraction of sp³-hybridized carbons (Fsp3) is 0.292. The molecule has 9 nitrogen and oxygen atoms in total. The summed E-state index contributed by atoms with van der Waals surface area (Å²) in [6.07, 6.45) is 0.770. The maximum Gasteiger partial charge on any atom is 0.219 e. The topological polar surface area (TPSA) is 124 Å². The number of H-pyrrole nitrogens is 1. The van der Waals surface area contributed by atoms with E-state index >= 15 is 0 Å². The molecule has 0 saturated heterocycles. The highest BCUT2D eigenvalue weighted by Gasteiger charge is 2.40. The van der Waals surface area contributed by atoms with Crippen molar-refractivity contribution >= 4 is 34.0 Å². The first-order valence-electron chi connectivity index (χ1n) is 10.7. The van der Waals surface area contributed by atoms with Gasteiger partial charge in [-0.1, -0.05) is 19.1 Å². The first-order valence-corrected chi connectivity index (χ1v) is 10.7. The maximum atomic E-state index is 11.7. The van der Waals surface area contributed by atoms with Crippen molar-refractivity contribution in [3.8, 4) is 11.5 Å². The van der Waals surface area contributed by atoms with Gasteiger partial charge in [0.25, 0.3) is 0 Å². The number of methoxy groups -OCH3 is 2. The van der Waals surface area contributed by atoms with E-state index in [1.165, 1.54) is 0 Å². The van der Waals surface area contributed by atoms with Crippen LogP contribution in [0.25, 0.3) is 16.6 Å². The second-order valence-corrected chi connectivity index (χ2v) is 7.66. The minimum absolute atomic E-state index is 0.0200. The molecule has 1 unspecified atom stereocenters. The van der Waals surface area contributed by atoms with Crippen LogP contribution in [0.15, 0.2) is 48.2 Å². The number of aliphatic hydroxyl groups excluding tert-OH is 1. The summed E-state index contributed by atoms with van der Waals surface area (Å²) in [6.45, 7) is 2.13. The van der Waals surface area contributed by atoms with Crippen molar-refractivity contribution in [2.45, 2.75) is 25.8 Å². The predicted molar refractivity (Wildman–Crippen MR) is 127 cm³/mol. The van der Waals surface area contributed by atoms with E-state index < -0.39 is 6.04 Å². The molecular weight excluding hydrogens is 422 g/mol. The Morgan fingerprint density at radius 3 is 2.55 bits per heavy atom. The lowest BCUT2D eigenvalue weighted by molar-refractivity contribution is -0.120. The van der Waals surface area contributed by atoms with Crippen molar-refractivity contribution in [2.24, 2.45) is 0 Å². The average molecular weight is 450 g/mol. The Bertz CT molecular complexity index is 1180. The van der Waals surface area contributed by atoms with Crippen LogP contribution in [0.4, 0.5) is 5.69 Å². The molecular formula is C24H27N5O4. The Hall–Kier alpha value is -4.01. The first kappa shape index (κ1) is 22.2. The molecule has 2 heterocycles. The van der Waals surface area contributed by atoms with E-state index in [1.54, 1.807) is 44.2 Å². The van der Waals surface area contributed by atoms with Crippen LogP contribution in [0.5, 0.6) is 11.5 Å². The summed E-state index contributed by atoms with van der Waals surface area (Å²) in [5.41, 5.74) is 2.50. The highest BCUT2D eigenvalue weighted by atomic mass is 16.5. The maximum absolute atomic E-state index is 11.7. The molecule has 0 radical (unpaired) electrons. The number of hydrogen-bond donors (Lipinski definition) is 4. The van der Waals surface area contributed by atoms with Crippen molar-refractivity contribution in [1.82, 2.24) is 15.3 Å². The van der Waals surface area contributed by atoms with Gasteiger partial charge in [-0.2, -0.15) is 0 Å². The number of aromatic nitrogens is 2. The quantitative estimate of drug-likeness (QED) is 0.416. The summed E-state index contributed by atoms with van der Waals surface area (Å²) < 4.78 is 10.8. The number of anilines is 1. The lowest BCUT2D eigenvalue weighted by Crippen LogP contribution is -2.38. The predicted octanol–water partition coefficient (Wildman–Crippen LogP) is 3.63. The summed E-state index contributed by atoms with van der Waals surface area (Å²) in [5, 5.41) is 23.1. The number of aromatic amines is 1. The Morgan fingerprint density at radius 1 is 1.21 bits per heavy atom. The number of nitrogens with one attached hydrogen (secondary N) is 3. The monoisotopic (exact) mass is 449 g/mol. The number of carbonyl (C=O) groups is 1. The molecule has 4 rings (SSSR count). The van der Waals surface area contributed by atoms with Crippen molar-refractivity contribution in [3.05, 3.63) is 54.0 Å². The second-order valence-electron chi connectivity index (χ2n) is 7.66. The number of hydrogen-bond acceptors (Lipinski definition) is 6. The largest absolute Gasteiger partial charge is 0.509 e. The molecule has 0 bridgehead atoms. The Labute approximate surface area is 191 Å². The molecule has 9 heteroatoms. The smallest absolute Gasteiger partial charge is 0.219 e. The molecule has 0 fully saturated rings. The number of fused-ring (bicyclic) bond motifs is 1. The summed E-state index contributed by atoms with van der Waals surface area (Å²) in [5.74, 6) is 1.58. The number of amidine groups is 1. The molecule has 1 amide bonds. The molecule has 1 aliphatic rings. The molecule has 1 aromatic heterocycles. The van der Waals surface area contributed by atoms with Gasteiger partial charge in [0.1, 0.15) is 28.9 Å². The minimum Gasteiger partial charge on any atom is -0.509 e. The van der Waals surface area contributed by atoms with Crippen LogP contribution >= 0.6 is 0 Å². The van der Waals surface area contributed by atoms with E-state index in [0.29, 0.717) is 48.0 Å². The van der Waals surface area contributed by atoms with E-state index in [0.717, 1.165) is 11.0 Å². The summed E-state index contributed by atoms with van der Waals surface area (Å²) in [6, 6.07) is 12.3. The third-order valence-corrected chi connectivity index (χ3v) is 5.66. The lowest BCUT2D eigenvalue weighted by Gasteiger charge is -2.28. The number of aliphatic hydroxyl groups is 1. The standard InChI is InChI=1S/C24H27N5O4/c1-4-20(30)26-10-9-19-22(31)21(24-27-17-7-5-6-8-18(17)28-24)23(25)29(19)14-11-15(32-2)13-16(12-14)33-3/h5-8,11-13,19,25,31H,4,9-10H2,1-3H3,(H,26,30)(H,27,28). The van der Waals surface area contributed by atoms with Crippen LogP contribution in [0.2, 0.25) is 0 Å². The van der Waals surface area contributed by atoms with Crippen LogP contribution in [0.1, 0.15) is 25.6 Å². The van der Waals surface area contributed by atoms with Crippen LogP contribution in [0.3, 0.4) is 0 Å². The van der Waals surface area contributed by atoms with Crippen LogP contribution in [-0.4, -0.2) is 53.6 Å². The second kappa shape index (κ2) is 9.23. The summed E-state index contributed by atoms with van der Waals surface area (Å²) in [7, 11) is 3.11. The molecule has 0 spiro atoms. The molecule has 4 N–H and O–H groups in total. The zero-order valence-corrected chi connectivity index (χ0v) is 18.8. The number of ether oxygens (including phenoxy) is 2. The van der Waals surface area contributed by atoms with Gasteiger partial charge in [0.2, 0.25) is 5.91 Å². The average Bonchev–Trinajstić information content (AvgIpc) is 3.36. The van der Waals surface area contributed by atoms with E-state index in [9.17, 15) is 9.90 Å². The molecule has 172 valence electrons. The molecule has 1 aliphatic heterocycles. The van der Waals surface area contributed by atoms with Crippen molar-refractivity contribution in [3.63, 3.8) is 0 Å². The third-order valence-electron chi connectivity index (χ3n) is 5.66.